The molecule has 144 valence electrons. The zero-order chi connectivity index (χ0) is 19.6. The molecule has 0 spiro atoms. The zero-order valence-corrected chi connectivity index (χ0v) is 15.4. The first-order valence-electron chi connectivity index (χ1n) is 8.65. The highest BCUT2D eigenvalue weighted by Gasteiger charge is 2.30. The van der Waals surface area contributed by atoms with E-state index in [-0.39, 0.29) is 0 Å². The number of rotatable bonds is 3. The lowest BCUT2D eigenvalue weighted by atomic mass is 10.1. The van der Waals surface area contributed by atoms with Gasteiger partial charge in [0, 0.05) is 24.0 Å². The summed E-state index contributed by atoms with van der Waals surface area (Å²) in [6.07, 6.45) is -3.34. The fourth-order valence-electron chi connectivity index (χ4n) is 2.73. The van der Waals surface area contributed by atoms with Crippen LogP contribution in [0.3, 0.4) is 0 Å². The molecule has 1 aliphatic heterocycles. The number of aromatic nitrogens is 2. The molecule has 0 atom stereocenters. The second-order valence-electron chi connectivity index (χ2n) is 6.16. The number of pyridine rings is 1. The molecule has 0 saturated carbocycles. The van der Waals surface area contributed by atoms with Crippen LogP contribution >= 0.6 is 11.3 Å². The van der Waals surface area contributed by atoms with Crippen LogP contribution in [0.5, 0.6) is 0 Å². The molecule has 9 heteroatoms. The van der Waals surface area contributed by atoms with Crippen LogP contribution in [0, 0.1) is 0 Å². The molecule has 1 aromatic carbocycles. The topological polar surface area (TPSA) is 62.2 Å². The van der Waals surface area contributed by atoms with Gasteiger partial charge in [-0.15, -0.1) is 11.3 Å². The molecule has 0 amide bonds. The summed E-state index contributed by atoms with van der Waals surface area (Å²) in [6.45, 7) is 1.66. The van der Waals surface area contributed by atoms with Gasteiger partial charge in [0.1, 0.15) is 5.69 Å². The van der Waals surface area contributed by atoms with Crippen molar-refractivity contribution in [3.05, 3.63) is 53.4 Å². The Balaban J connectivity index is 1.55. The van der Waals surface area contributed by atoms with Gasteiger partial charge in [0.25, 0.3) is 0 Å². The van der Waals surface area contributed by atoms with E-state index in [1.54, 1.807) is 6.07 Å². The molecule has 28 heavy (non-hydrogen) atoms. The molecule has 0 fully saturated rings. The maximum Gasteiger partial charge on any atom is 0.416 e. The Hall–Kier alpha value is -2.94. The Morgan fingerprint density at radius 2 is 1.75 bits per heavy atom. The van der Waals surface area contributed by atoms with Gasteiger partial charge in [0.15, 0.2) is 11.1 Å². The lowest BCUT2D eigenvalue weighted by Gasteiger charge is -2.14. The molecule has 5 nitrogen and oxygen atoms in total. The Morgan fingerprint density at radius 3 is 2.46 bits per heavy atom. The number of nitrogens with zero attached hydrogens (tertiary/aromatic N) is 3. The minimum absolute atomic E-state index is 0.590. The lowest BCUT2D eigenvalue weighted by molar-refractivity contribution is -0.137. The first-order chi connectivity index (χ1) is 13.5. The molecule has 2 N–H and O–H groups in total. The van der Waals surface area contributed by atoms with Crippen LogP contribution in [0.4, 0.5) is 18.3 Å². The predicted octanol–water partition coefficient (Wildman–Crippen LogP) is 4.65. The van der Waals surface area contributed by atoms with Crippen molar-refractivity contribution < 1.29 is 13.2 Å². The van der Waals surface area contributed by atoms with E-state index >= 15 is 0 Å². The molecule has 4 rings (SSSR count). The van der Waals surface area contributed by atoms with Gasteiger partial charge in [0.2, 0.25) is 0 Å². The van der Waals surface area contributed by atoms with E-state index in [0.717, 1.165) is 31.6 Å². The third-order valence-electron chi connectivity index (χ3n) is 4.15. The van der Waals surface area contributed by atoms with Crippen LogP contribution in [0.25, 0.3) is 22.6 Å². The normalized spacial score (nSPS) is 14.3. The summed E-state index contributed by atoms with van der Waals surface area (Å²) in [5.41, 5.74) is 1.87. The van der Waals surface area contributed by atoms with Gasteiger partial charge >= 0.3 is 6.18 Å². The first-order valence-corrected chi connectivity index (χ1v) is 9.53. The summed E-state index contributed by atoms with van der Waals surface area (Å²) in [5, 5.41) is 8.90. The summed E-state index contributed by atoms with van der Waals surface area (Å²) in [5.74, 6) is 0.707. The molecule has 0 radical (unpaired) electrons. The van der Waals surface area contributed by atoms with Gasteiger partial charge in [0.05, 0.1) is 17.0 Å². The minimum atomic E-state index is -4.35. The minimum Gasteiger partial charge on any atom is -0.356 e. The maximum atomic E-state index is 12.7. The molecular weight excluding hydrogens is 387 g/mol. The standard InChI is InChI=1S/C19H16F3N5S/c20-19(21,22)13-7-5-12(6-8-13)14-3-1-4-15(25-14)16-11-28-18(26-16)27-17-23-9-2-10-24-17/h1,3-8,11H,2,9-10H2,(H2,23,24,26,27). The van der Waals surface area contributed by atoms with E-state index in [0.29, 0.717) is 33.7 Å². The number of anilines is 1. The van der Waals surface area contributed by atoms with Crippen LogP contribution in [-0.2, 0) is 6.18 Å². The highest BCUT2D eigenvalue weighted by atomic mass is 32.1. The number of hydrogen-bond donors (Lipinski definition) is 2. The Kier molecular flexibility index (Phi) is 4.99. The number of benzene rings is 1. The Morgan fingerprint density at radius 1 is 0.964 bits per heavy atom. The van der Waals surface area contributed by atoms with Crippen LogP contribution in [0.1, 0.15) is 12.0 Å². The van der Waals surface area contributed by atoms with E-state index < -0.39 is 11.7 Å². The van der Waals surface area contributed by atoms with Gasteiger partial charge in [-0.05, 0) is 30.7 Å². The van der Waals surface area contributed by atoms with Gasteiger partial charge in [-0.3, -0.25) is 4.99 Å². The number of aliphatic imine (C=N–C) groups is 1. The van der Waals surface area contributed by atoms with Gasteiger partial charge in [-0.2, -0.15) is 13.2 Å². The van der Waals surface area contributed by atoms with Crippen LogP contribution in [0.2, 0.25) is 0 Å². The molecule has 0 bridgehead atoms. The van der Waals surface area contributed by atoms with Crippen molar-refractivity contribution in [2.75, 3.05) is 18.4 Å². The molecule has 3 heterocycles. The van der Waals surface area contributed by atoms with E-state index in [9.17, 15) is 13.2 Å². The second kappa shape index (κ2) is 7.59. The molecule has 0 aliphatic carbocycles. The summed E-state index contributed by atoms with van der Waals surface area (Å²) >= 11 is 1.44. The molecule has 0 saturated heterocycles. The van der Waals surface area contributed by atoms with E-state index in [1.165, 1.54) is 23.5 Å². The highest BCUT2D eigenvalue weighted by molar-refractivity contribution is 7.14. The highest BCUT2D eigenvalue weighted by Crippen LogP contribution is 2.31. The summed E-state index contributed by atoms with van der Waals surface area (Å²) < 4.78 is 38.2. The monoisotopic (exact) mass is 403 g/mol. The third kappa shape index (κ3) is 4.14. The summed E-state index contributed by atoms with van der Waals surface area (Å²) in [7, 11) is 0. The van der Waals surface area contributed by atoms with Crippen molar-refractivity contribution in [3.8, 4) is 22.6 Å². The van der Waals surface area contributed by atoms with Crippen LogP contribution < -0.4 is 10.6 Å². The smallest absolute Gasteiger partial charge is 0.356 e. The number of halogens is 3. The van der Waals surface area contributed by atoms with Crippen molar-refractivity contribution >= 4 is 22.4 Å². The SMILES string of the molecule is FC(F)(F)c1ccc(-c2cccc(-c3csc(NC4=NCCCN4)n3)n2)cc1. The average Bonchev–Trinajstić information content (AvgIpc) is 3.17. The third-order valence-corrected chi connectivity index (χ3v) is 4.90. The van der Waals surface area contributed by atoms with Crippen LogP contribution in [-0.4, -0.2) is 29.0 Å². The molecule has 3 aromatic rings. The van der Waals surface area contributed by atoms with Gasteiger partial charge < -0.3 is 10.6 Å². The molecule has 0 unspecified atom stereocenters. The second-order valence-corrected chi connectivity index (χ2v) is 7.01. The summed E-state index contributed by atoms with van der Waals surface area (Å²) in [4.78, 5) is 13.4. The number of thiazole rings is 1. The quantitative estimate of drug-likeness (QED) is 0.668. The molecular formula is C19H16F3N5S. The van der Waals surface area contributed by atoms with Crippen molar-refractivity contribution in [2.45, 2.75) is 12.6 Å². The zero-order valence-electron chi connectivity index (χ0n) is 14.6. The average molecular weight is 403 g/mol. The number of hydrogen-bond acceptors (Lipinski definition) is 6. The van der Waals surface area contributed by atoms with Gasteiger partial charge in [-0.1, -0.05) is 18.2 Å². The largest absolute Gasteiger partial charge is 0.416 e. The van der Waals surface area contributed by atoms with Crippen molar-refractivity contribution in [1.29, 1.82) is 0 Å². The number of alkyl halides is 3. The maximum absolute atomic E-state index is 12.7. The van der Waals surface area contributed by atoms with Crippen LogP contribution in [0.15, 0.2) is 52.8 Å². The first kappa shape index (κ1) is 18.4. The number of guanidine groups is 1. The van der Waals surface area contributed by atoms with E-state index in [4.69, 9.17) is 0 Å². The van der Waals surface area contributed by atoms with Crippen molar-refractivity contribution in [2.24, 2.45) is 4.99 Å². The van der Waals surface area contributed by atoms with Gasteiger partial charge in [-0.25, -0.2) is 9.97 Å². The number of nitrogens with one attached hydrogen (secondary N) is 2. The van der Waals surface area contributed by atoms with Crippen molar-refractivity contribution in [1.82, 2.24) is 15.3 Å². The Labute approximate surface area is 163 Å². The van der Waals surface area contributed by atoms with E-state index in [1.807, 2.05) is 17.5 Å². The van der Waals surface area contributed by atoms with Crippen molar-refractivity contribution in [3.63, 3.8) is 0 Å². The fraction of sp³-hybridized carbons (Fsp3) is 0.211. The predicted molar refractivity (Wildman–Crippen MR) is 104 cm³/mol. The Bertz CT molecular complexity index is 995. The lowest BCUT2D eigenvalue weighted by Crippen LogP contribution is -2.35. The fourth-order valence-corrected chi connectivity index (χ4v) is 3.44. The molecule has 2 aromatic heterocycles. The molecule has 1 aliphatic rings. The van der Waals surface area contributed by atoms with E-state index in [2.05, 4.69) is 25.6 Å². The summed E-state index contributed by atoms with van der Waals surface area (Å²) in [6, 6.07) is 10.4.